The van der Waals surface area contributed by atoms with Gasteiger partial charge in [-0.2, -0.15) is 4.98 Å². The van der Waals surface area contributed by atoms with Gasteiger partial charge < -0.3 is 15.5 Å². The number of alkyl halides is 2. The van der Waals surface area contributed by atoms with E-state index in [-0.39, 0.29) is 23.6 Å². The Bertz CT molecular complexity index is 1090. The minimum absolute atomic E-state index is 0.00661. The predicted octanol–water partition coefficient (Wildman–Crippen LogP) is 3.68. The summed E-state index contributed by atoms with van der Waals surface area (Å²) in [5.74, 6) is 0.242. The summed E-state index contributed by atoms with van der Waals surface area (Å²) in [6.45, 7) is 4.04. The number of rotatable bonds is 7. The molecule has 0 aliphatic carbocycles. The summed E-state index contributed by atoms with van der Waals surface area (Å²) >= 11 is 0. The number of nitrogens with one attached hydrogen (secondary N) is 2. The number of hydrogen-bond acceptors (Lipinski definition) is 6. The van der Waals surface area contributed by atoms with E-state index in [4.69, 9.17) is 0 Å². The highest BCUT2D eigenvalue weighted by Gasteiger charge is 2.34. The Kier molecular flexibility index (Phi) is 5.43. The molecule has 0 saturated carbocycles. The normalized spacial score (nSPS) is 13.4. The van der Waals surface area contributed by atoms with Crippen molar-refractivity contribution in [2.75, 3.05) is 17.2 Å². The Hall–Kier alpha value is -3.36. The molecule has 1 amide bonds. The molecule has 4 rings (SSSR count). The van der Waals surface area contributed by atoms with Crippen LogP contribution in [-0.4, -0.2) is 44.8 Å². The summed E-state index contributed by atoms with van der Waals surface area (Å²) < 4.78 is 25.2. The standard InChI is InChI=1S/C21H22F2N6O/c1-12(2)29-11-15-18(20(29)30)27-21(26-10-17(22)23)28-19(15)25-9-13-7-14-5-3-4-6-16(14)24-8-13/h3-8,12,17H,9-11H2,1-2H3,(H2,25,26,27,28). The first-order valence-corrected chi connectivity index (χ1v) is 9.74. The average Bonchev–Trinajstić information content (AvgIpc) is 3.07. The molecule has 0 bridgehead atoms. The van der Waals surface area contributed by atoms with Crippen molar-refractivity contribution in [2.45, 2.75) is 39.4 Å². The van der Waals surface area contributed by atoms with Gasteiger partial charge in [0.15, 0.2) is 0 Å². The second-order valence-corrected chi connectivity index (χ2v) is 7.41. The quantitative estimate of drug-likeness (QED) is 0.616. The van der Waals surface area contributed by atoms with E-state index < -0.39 is 13.0 Å². The van der Waals surface area contributed by atoms with Gasteiger partial charge in [-0.25, -0.2) is 13.8 Å². The lowest BCUT2D eigenvalue weighted by Crippen LogP contribution is -2.31. The van der Waals surface area contributed by atoms with E-state index in [2.05, 4.69) is 25.6 Å². The van der Waals surface area contributed by atoms with E-state index in [1.54, 1.807) is 11.1 Å². The molecule has 1 aromatic carbocycles. The van der Waals surface area contributed by atoms with Crippen molar-refractivity contribution in [3.8, 4) is 0 Å². The number of amides is 1. The third-order valence-electron chi connectivity index (χ3n) is 4.94. The summed E-state index contributed by atoms with van der Waals surface area (Å²) in [6.07, 6.45) is -0.775. The summed E-state index contributed by atoms with van der Waals surface area (Å²) in [5, 5.41) is 6.76. The van der Waals surface area contributed by atoms with Crippen LogP contribution in [-0.2, 0) is 13.1 Å². The third-order valence-corrected chi connectivity index (χ3v) is 4.94. The van der Waals surface area contributed by atoms with Crippen molar-refractivity contribution in [3.05, 3.63) is 53.3 Å². The van der Waals surface area contributed by atoms with Crippen molar-refractivity contribution in [3.63, 3.8) is 0 Å². The largest absolute Gasteiger partial charge is 0.365 e. The molecule has 0 atom stereocenters. The Morgan fingerprint density at radius 2 is 1.97 bits per heavy atom. The van der Waals surface area contributed by atoms with Gasteiger partial charge >= 0.3 is 0 Å². The molecule has 156 valence electrons. The van der Waals surface area contributed by atoms with Gasteiger partial charge in [-0.1, -0.05) is 18.2 Å². The first-order valence-electron chi connectivity index (χ1n) is 9.74. The van der Waals surface area contributed by atoms with Crippen LogP contribution in [0.5, 0.6) is 0 Å². The van der Waals surface area contributed by atoms with E-state index in [0.717, 1.165) is 16.5 Å². The molecule has 7 nitrogen and oxygen atoms in total. The van der Waals surface area contributed by atoms with Gasteiger partial charge in [-0.15, -0.1) is 0 Å². The number of aromatic nitrogens is 3. The minimum Gasteiger partial charge on any atom is -0.365 e. The van der Waals surface area contributed by atoms with Crippen LogP contribution in [0.4, 0.5) is 20.5 Å². The lowest BCUT2D eigenvalue weighted by atomic mass is 10.1. The molecule has 3 heterocycles. The van der Waals surface area contributed by atoms with Crippen molar-refractivity contribution in [1.29, 1.82) is 0 Å². The average molecular weight is 412 g/mol. The Morgan fingerprint density at radius 3 is 2.73 bits per heavy atom. The van der Waals surface area contributed by atoms with Gasteiger partial charge in [0, 0.05) is 29.7 Å². The molecule has 0 spiro atoms. The first-order chi connectivity index (χ1) is 14.4. The molecular weight excluding hydrogens is 390 g/mol. The number of carbonyl (C=O) groups excluding carboxylic acids is 1. The molecular formula is C21H22F2N6O. The van der Waals surface area contributed by atoms with Gasteiger partial charge in [0.1, 0.15) is 11.5 Å². The summed E-state index contributed by atoms with van der Waals surface area (Å²) in [5.41, 5.74) is 2.76. The van der Waals surface area contributed by atoms with Gasteiger partial charge in [-0.3, -0.25) is 9.78 Å². The van der Waals surface area contributed by atoms with Gasteiger partial charge in [0.05, 0.1) is 18.6 Å². The number of benzene rings is 1. The predicted molar refractivity (Wildman–Crippen MR) is 111 cm³/mol. The van der Waals surface area contributed by atoms with Crippen LogP contribution in [0.2, 0.25) is 0 Å². The number of carbonyl (C=O) groups is 1. The van der Waals surface area contributed by atoms with Crippen molar-refractivity contribution in [1.82, 2.24) is 19.9 Å². The zero-order valence-corrected chi connectivity index (χ0v) is 16.7. The first kappa shape index (κ1) is 19.9. The van der Waals surface area contributed by atoms with E-state index >= 15 is 0 Å². The lowest BCUT2D eigenvalue weighted by molar-refractivity contribution is 0.0726. The van der Waals surface area contributed by atoms with Crippen LogP contribution in [0.1, 0.15) is 35.5 Å². The van der Waals surface area contributed by atoms with Crippen LogP contribution >= 0.6 is 0 Å². The van der Waals surface area contributed by atoms with Crippen LogP contribution in [0.25, 0.3) is 10.9 Å². The number of anilines is 2. The highest BCUT2D eigenvalue weighted by Crippen LogP contribution is 2.30. The fraction of sp³-hybridized carbons (Fsp3) is 0.333. The molecule has 3 aromatic rings. The summed E-state index contributed by atoms with van der Waals surface area (Å²) in [4.78, 5) is 27.4. The van der Waals surface area contributed by atoms with Crippen LogP contribution in [0.15, 0.2) is 36.5 Å². The Balaban J connectivity index is 1.62. The smallest absolute Gasteiger partial charge is 0.273 e. The highest BCUT2D eigenvalue weighted by atomic mass is 19.3. The highest BCUT2D eigenvalue weighted by molar-refractivity contribution is 5.98. The molecule has 30 heavy (non-hydrogen) atoms. The number of para-hydroxylation sites is 1. The topological polar surface area (TPSA) is 83.0 Å². The molecule has 2 N–H and O–H groups in total. The fourth-order valence-electron chi connectivity index (χ4n) is 3.40. The molecule has 1 aliphatic heterocycles. The SMILES string of the molecule is CC(C)N1Cc2c(NCc3cnc4ccccc4c3)nc(NCC(F)F)nc2C1=O. The minimum atomic E-state index is -2.55. The number of hydrogen-bond donors (Lipinski definition) is 2. The van der Waals surface area contributed by atoms with E-state index in [0.29, 0.717) is 24.5 Å². The fourth-order valence-corrected chi connectivity index (χ4v) is 3.40. The summed E-state index contributed by atoms with van der Waals surface area (Å²) in [6, 6.07) is 9.82. The van der Waals surface area contributed by atoms with Crippen molar-refractivity contribution < 1.29 is 13.6 Å². The Morgan fingerprint density at radius 1 is 1.17 bits per heavy atom. The number of halogens is 2. The number of fused-ring (bicyclic) bond motifs is 2. The Labute approximate surface area is 172 Å². The van der Waals surface area contributed by atoms with Gasteiger partial charge in [0.2, 0.25) is 5.95 Å². The van der Waals surface area contributed by atoms with Crippen LogP contribution < -0.4 is 10.6 Å². The molecule has 0 unspecified atom stereocenters. The van der Waals surface area contributed by atoms with Crippen LogP contribution in [0.3, 0.4) is 0 Å². The van der Waals surface area contributed by atoms with E-state index in [9.17, 15) is 13.6 Å². The molecule has 9 heteroatoms. The van der Waals surface area contributed by atoms with Gasteiger partial charge in [-0.05, 0) is 31.5 Å². The number of nitrogens with zero attached hydrogens (tertiary/aromatic N) is 4. The maximum atomic E-state index is 12.7. The molecule has 0 radical (unpaired) electrons. The van der Waals surface area contributed by atoms with Crippen molar-refractivity contribution in [2.24, 2.45) is 0 Å². The molecule has 0 saturated heterocycles. The zero-order valence-electron chi connectivity index (χ0n) is 16.7. The zero-order chi connectivity index (χ0) is 21.3. The maximum absolute atomic E-state index is 12.7. The second-order valence-electron chi connectivity index (χ2n) is 7.41. The number of pyridine rings is 1. The maximum Gasteiger partial charge on any atom is 0.273 e. The molecule has 0 fully saturated rings. The van der Waals surface area contributed by atoms with E-state index in [1.165, 1.54) is 0 Å². The van der Waals surface area contributed by atoms with Crippen LogP contribution in [0, 0.1) is 0 Å². The monoisotopic (exact) mass is 412 g/mol. The molecule has 2 aromatic heterocycles. The summed E-state index contributed by atoms with van der Waals surface area (Å²) in [7, 11) is 0. The lowest BCUT2D eigenvalue weighted by Gasteiger charge is -2.19. The van der Waals surface area contributed by atoms with E-state index in [1.807, 2.05) is 44.2 Å². The second kappa shape index (κ2) is 8.17. The third kappa shape index (κ3) is 4.00. The van der Waals surface area contributed by atoms with Gasteiger partial charge in [0.25, 0.3) is 12.3 Å². The van der Waals surface area contributed by atoms with Crippen molar-refractivity contribution >= 4 is 28.6 Å². The molecule has 1 aliphatic rings.